The second kappa shape index (κ2) is 7.90. The molecule has 1 heterocycles. The number of nitrogens with zero attached hydrogens (tertiary/aromatic N) is 1. The van der Waals surface area contributed by atoms with Crippen molar-refractivity contribution in [1.29, 1.82) is 0 Å². The Kier molecular flexibility index (Phi) is 6.85. The van der Waals surface area contributed by atoms with Crippen LogP contribution in [-0.2, 0) is 0 Å². The maximum atomic E-state index is 6.09. The quantitative estimate of drug-likeness (QED) is 0.806. The van der Waals surface area contributed by atoms with Crippen LogP contribution >= 0.6 is 27.5 Å². The number of halogens is 2. The number of nitrogens with one attached hydrogen (secondary N) is 1. The summed E-state index contributed by atoms with van der Waals surface area (Å²) in [6, 6.07) is 1.84. The Labute approximate surface area is 116 Å². The van der Waals surface area contributed by atoms with Crippen LogP contribution < -0.4 is 11.1 Å². The molecule has 0 amide bonds. The maximum absolute atomic E-state index is 6.09. The summed E-state index contributed by atoms with van der Waals surface area (Å²) in [4.78, 5) is 4.25. The Bertz CT molecular complexity index is 341. The molecule has 1 unspecified atom stereocenters. The highest BCUT2D eigenvalue weighted by Crippen LogP contribution is 2.23. The molecule has 0 radical (unpaired) electrons. The fourth-order valence-electron chi connectivity index (χ4n) is 1.78. The fraction of sp³-hybridized carbons (Fsp3) is 0.583. The first kappa shape index (κ1) is 14.7. The second-order valence-corrected chi connectivity index (χ2v) is 5.42. The largest absolute Gasteiger partial charge is 0.369 e. The zero-order chi connectivity index (χ0) is 12.7. The summed E-state index contributed by atoms with van der Waals surface area (Å²) in [6.07, 6.45) is 5.13. The van der Waals surface area contributed by atoms with E-state index in [0.717, 1.165) is 29.8 Å². The Hall–Kier alpha value is -0.320. The standard InChI is InChI=1S/C12H19BrClN3/c1-2-3-9(4-5-15)7-16-12-11(14)6-10(13)8-17-12/h6,8-9H,2-5,7,15H2,1H3,(H,16,17). The highest BCUT2D eigenvalue weighted by molar-refractivity contribution is 9.10. The number of pyridine rings is 1. The molecule has 0 saturated heterocycles. The summed E-state index contributed by atoms with van der Waals surface area (Å²) in [6.45, 7) is 3.79. The lowest BCUT2D eigenvalue weighted by atomic mass is 10.00. The van der Waals surface area contributed by atoms with Crippen LogP contribution in [0.4, 0.5) is 5.82 Å². The van der Waals surface area contributed by atoms with Crippen molar-refractivity contribution in [2.45, 2.75) is 26.2 Å². The van der Waals surface area contributed by atoms with Crippen molar-refractivity contribution in [2.24, 2.45) is 11.7 Å². The van der Waals surface area contributed by atoms with E-state index in [9.17, 15) is 0 Å². The predicted molar refractivity (Wildman–Crippen MR) is 77.5 cm³/mol. The summed E-state index contributed by atoms with van der Waals surface area (Å²) >= 11 is 9.42. The molecule has 1 atom stereocenters. The van der Waals surface area contributed by atoms with Gasteiger partial charge >= 0.3 is 0 Å². The number of aromatic nitrogens is 1. The molecular formula is C12H19BrClN3. The SMILES string of the molecule is CCCC(CCN)CNc1ncc(Br)cc1Cl. The molecule has 17 heavy (non-hydrogen) atoms. The predicted octanol–water partition coefficient (Wildman–Crippen LogP) is 3.67. The van der Waals surface area contributed by atoms with Gasteiger partial charge in [-0.25, -0.2) is 4.98 Å². The number of rotatable bonds is 7. The van der Waals surface area contributed by atoms with E-state index in [2.05, 4.69) is 33.2 Å². The van der Waals surface area contributed by atoms with Crippen LogP contribution in [0.15, 0.2) is 16.7 Å². The van der Waals surface area contributed by atoms with Gasteiger partial charge in [-0.3, -0.25) is 0 Å². The van der Waals surface area contributed by atoms with Gasteiger partial charge in [0.05, 0.1) is 5.02 Å². The van der Waals surface area contributed by atoms with Crippen molar-refractivity contribution in [3.05, 3.63) is 21.8 Å². The van der Waals surface area contributed by atoms with Crippen LogP contribution in [-0.4, -0.2) is 18.1 Å². The summed E-state index contributed by atoms with van der Waals surface area (Å²) in [7, 11) is 0. The van der Waals surface area contributed by atoms with Crippen molar-refractivity contribution >= 4 is 33.3 Å². The molecule has 1 aromatic heterocycles. The highest BCUT2D eigenvalue weighted by atomic mass is 79.9. The highest BCUT2D eigenvalue weighted by Gasteiger charge is 2.08. The lowest BCUT2D eigenvalue weighted by Crippen LogP contribution is -2.18. The zero-order valence-electron chi connectivity index (χ0n) is 10.0. The van der Waals surface area contributed by atoms with Crippen LogP contribution in [0.5, 0.6) is 0 Å². The smallest absolute Gasteiger partial charge is 0.144 e. The Morgan fingerprint density at radius 1 is 1.53 bits per heavy atom. The molecule has 1 aromatic rings. The fourth-order valence-corrected chi connectivity index (χ4v) is 2.47. The molecule has 0 saturated carbocycles. The normalized spacial score (nSPS) is 12.5. The number of nitrogens with two attached hydrogens (primary N) is 1. The second-order valence-electron chi connectivity index (χ2n) is 4.10. The molecule has 0 aliphatic heterocycles. The Balaban J connectivity index is 2.52. The lowest BCUT2D eigenvalue weighted by molar-refractivity contribution is 0.473. The van der Waals surface area contributed by atoms with E-state index in [-0.39, 0.29) is 0 Å². The third-order valence-corrected chi connectivity index (χ3v) is 3.36. The molecule has 0 aliphatic rings. The van der Waals surface area contributed by atoms with Crippen LogP contribution in [0.25, 0.3) is 0 Å². The summed E-state index contributed by atoms with van der Waals surface area (Å²) in [5, 5.41) is 3.93. The average Bonchev–Trinajstić information content (AvgIpc) is 2.28. The maximum Gasteiger partial charge on any atom is 0.144 e. The van der Waals surface area contributed by atoms with Gasteiger partial charge in [0.25, 0.3) is 0 Å². The monoisotopic (exact) mass is 319 g/mol. The van der Waals surface area contributed by atoms with Gasteiger partial charge in [0.2, 0.25) is 0 Å². The van der Waals surface area contributed by atoms with Crippen molar-refractivity contribution in [1.82, 2.24) is 4.98 Å². The first-order chi connectivity index (χ1) is 8.17. The summed E-state index contributed by atoms with van der Waals surface area (Å²) < 4.78 is 0.889. The molecular weight excluding hydrogens is 302 g/mol. The molecule has 0 spiro atoms. The molecule has 0 aliphatic carbocycles. The molecule has 5 heteroatoms. The summed E-state index contributed by atoms with van der Waals surface area (Å²) in [5.41, 5.74) is 5.60. The molecule has 0 fully saturated rings. The molecule has 96 valence electrons. The molecule has 1 rings (SSSR count). The molecule has 0 aromatic carbocycles. The minimum absolute atomic E-state index is 0.589. The zero-order valence-corrected chi connectivity index (χ0v) is 12.4. The number of hydrogen-bond donors (Lipinski definition) is 2. The lowest BCUT2D eigenvalue weighted by Gasteiger charge is -2.16. The van der Waals surface area contributed by atoms with E-state index in [0.29, 0.717) is 10.9 Å². The third-order valence-electron chi connectivity index (χ3n) is 2.64. The van der Waals surface area contributed by atoms with Gasteiger partial charge in [-0.1, -0.05) is 24.9 Å². The van der Waals surface area contributed by atoms with Crippen LogP contribution in [0.2, 0.25) is 5.02 Å². The van der Waals surface area contributed by atoms with Gasteiger partial charge in [-0.15, -0.1) is 0 Å². The number of hydrogen-bond acceptors (Lipinski definition) is 3. The Morgan fingerprint density at radius 2 is 2.29 bits per heavy atom. The van der Waals surface area contributed by atoms with Gasteiger partial charge in [0.1, 0.15) is 5.82 Å². The average molecular weight is 321 g/mol. The van der Waals surface area contributed by atoms with Gasteiger partial charge in [-0.05, 0) is 47.3 Å². The third kappa shape index (κ3) is 5.23. The van der Waals surface area contributed by atoms with E-state index in [1.165, 1.54) is 12.8 Å². The van der Waals surface area contributed by atoms with E-state index >= 15 is 0 Å². The van der Waals surface area contributed by atoms with Gasteiger partial charge in [0.15, 0.2) is 0 Å². The topological polar surface area (TPSA) is 50.9 Å². The van der Waals surface area contributed by atoms with Crippen molar-refractivity contribution < 1.29 is 0 Å². The number of anilines is 1. The van der Waals surface area contributed by atoms with E-state index in [1.807, 2.05) is 6.07 Å². The first-order valence-electron chi connectivity index (χ1n) is 5.92. The van der Waals surface area contributed by atoms with Gasteiger partial charge in [-0.2, -0.15) is 0 Å². The molecule has 0 bridgehead atoms. The van der Waals surface area contributed by atoms with Crippen LogP contribution in [0.3, 0.4) is 0 Å². The van der Waals surface area contributed by atoms with E-state index in [1.54, 1.807) is 6.20 Å². The van der Waals surface area contributed by atoms with E-state index < -0.39 is 0 Å². The van der Waals surface area contributed by atoms with E-state index in [4.69, 9.17) is 17.3 Å². The molecule has 3 nitrogen and oxygen atoms in total. The van der Waals surface area contributed by atoms with Crippen LogP contribution in [0.1, 0.15) is 26.2 Å². The minimum Gasteiger partial charge on any atom is -0.369 e. The van der Waals surface area contributed by atoms with Gasteiger partial charge < -0.3 is 11.1 Å². The first-order valence-corrected chi connectivity index (χ1v) is 7.09. The van der Waals surface area contributed by atoms with Crippen molar-refractivity contribution in [2.75, 3.05) is 18.4 Å². The summed E-state index contributed by atoms with van der Waals surface area (Å²) in [5.74, 6) is 1.33. The minimum atomic E-state index is 0.589. The Morgan fingerprint density at radius 3 is 2.88 bits per heavy atom. The molecule has 3 N–H and O–H groups in total. The van der Waals surface area contributed by atoms with Crippen LogP contribution in [0, 0.1) is 5.92 Å². The van der Waals surface area contributed by atoms with Crippen molar-refractivity contribution in [3.8, 4) is 0 Å². The van der Waals surface area contributed by atoms with Crippen molar-refractivity contribution in [3.63, 3.8) is 0 Å². The van der Waals surface area contributed by atoms with Gasteiger partial charge in [0, 0.05) is 17.2 Å².